The van der Waals surface area contributed by atoms with Gasteiger partial charge in [-0.05, 0) is 42.2 Å². The lowest BCUT2D eigenvalue weighted by Crippen LogP contribution is -2.06. The molecule has 0 aliphatic carbocycles. The molecule has 2 aromatic heterocycles. The van der Waals surface area contributed by atoms with Gasteiger partial charge in [0, 0.05) is 11.9 Å². The van der Waals surface area contributed by atoms with E-state index in [1.807, 2.05) is 18.2 Å². The lowest BCUT2D eigenvalue weighted by molar-refractivity contribution is 0.517. The van der Waals surface area contributed by atoms with Crippen LogP contribution in [0.2, 0.25) is 0 Å². The second kappa shape index (κ2) is 7.17. The lowest BCUT2D eigenvalue weighted by atomic mass is 9.98. The van der Waals surface area contributed by atoms with Gasteiger partial charge < -0.3 is 15.1 Å². The standard InChI is InChI=1S/C19H22N4O/c1-13(2)16-8-4-6-14(3)18(16)22-17-9-10-20-19(23-17)21-12-15-7-5-11-24-15/h4-11,13H,12H2,1-3H3,(H2,20,21,22,23). The number of hydrogen-bond donors (Lipinski definition) is 2. The van der Waals surface area contributed by atoms with E-state index in [2.05, 4.69) is 59.6 Å². The van der Waals surface area contributed by atoms with Crippen LogP contribution in [0, 0.1) is 6.92 Å². The second-order valence-electron chi connectivity index (χ2n) is 6.02. The third-order valence-electron chi connectivity index (χ3n) is 3.84. The Kier molecular flexibility index (Phi) is 4.79. The molecule has 0 bridgehead atoms. The summed E-state index contributed by atoms with van der Waals surface area (Å²) >= 11 is 0. The summed E-state index contributed by atoms with van der Waals surface area (Å²) in [4.78, 5) is 8.79. The zero-order valence-electron chi connectivity index (χ0n) is 14.2. The van der Waals surface area contributed by atoms with Crippen LogP contribution < -0.4 is 10.6 Å². The van der Waals surface area contributed by atoms with Gasteiger partial charge in [-0.15, -0.1) is 0 Å². The molecule has 0 aliphatic heterocycles. The maximum atomic E-state index is 5.31. The van der Waals surface area contributed by atoms with E-state index in [1.54, 1.807) is 12.5 Å². The molecule has 0 atom stereocenters. The molecule has 3 rings (SSSR count). The molecule has 0 amide bonds. The minimum atomic E-state index is 0.436. The molecule has 0 spiro atoms. The molecule has 2 heterocycles. The Morgan fingerprint density at radius 1 is 1.12 bits per heavy atom. The number of hydrogen-bond acceptors (Lipinski definition) is 5. The van der Waals surface area contributed by atoms with E-state index < -0.39 is 0 Å². The number of anilines is 3. The Hall–Kier alpha value is -2.82. The largest absolute Gasteiger partial charge is 0.467 e. The molecule has 24 heavy (non-hydrogen) atoms. The summed E-state index contributed by atoms with van der Waals surface area (Å²) in [7, 11) is 0. The molecule has 0 fully saturated rings. The third kappa shape index (κ3) is 3.74. The molecule has 0 saturated carbocycles. The quantitative estimate of drug-likeness (QED) is 0.679. The van der Waals surface area contributed by atoms with Crippen molar-refractivity contribution >= 4 is 17.5 Å². The monoisotopic (exact) mass is 322 g/mol. The van der Waals surface area contributed by atoms with Gasteiger partial charge in [0.15, 0.2) is 0 Å². The van der Waals surface area contributed by atoms with Gasteiger partial charge in [0.1, 0.15) is 11.6 Å². The van der Waals surface area contributed by atoms with E-state index >= 15 is 0 Å². The molecule has 1 aromatic carbocycles. The summed E-state index contributed by atoms with van der Waals surface area (Å²) in [5.41, 5.74) is 3.59. The number of rotatable bonds is 6. The van der Waals surface area contributed by atoms with Crippen LogP contribution in [0.5, 0.6) is 0 Å². The molecular formula is C19H22N4O. The van der Waals surface area contributed by atoms with Gasteiger partial charge in [0.05, 0.1) is 12.8 Å². The van der Waals surface area contributed by atoms with Crippen LogP contribution in [-0.2, 0) is 6.54 Å². The van der Waals surface area contributed by atoms with Crippen LogP contribution in [0.25, 0.3) is 0 Å². The van der Waals surface area contributed by atoms with Gasteiger partial charge in [0.2, 0.25) is 5.95 Å². The normalized spacial score (nSPS) is 10.8. The van der Waals surface area contributed by atoms with Crippen molar-refractivity contribution in [2.45, 2.75) is 33.2 Å². The first-order valence-electron chi connectivity index (χ1n) is 8.09. The zero-order valence-corrected chi connectivity index (χ0v) is 14.2. The molecule has 5 nitrogen and oxygen atoms in total. The van der Waals surface area contributed by atoms with Crippen LogP contribution >= 0.6 is 0 Å². The maximum absolute atomic E-state index is 5.31. The van der Waals surface area contributed by atoms with E-state index in [-0.39, 0.29) is 0 Å². The molecule has 0 aliphatic rings. The molecule has 0 saturated heterocycles. The van der Waals surface area contributed by atoms with Gasteiger partial charge in [-0.25, -0.2) is 4.98 Å². The number of benzene rings is 1. The first kappa shape index (κ1) is 16.1. The fourth-order valence-electron chi connectivity index (χ4n) is 2.56. The molecule has 0 radical (unpaired) electrons. The highest BCUT2D eigenvalue weighted by Gasteiger charge is 2.10. The predicted molar refractivity (Wildman–Crippen MR) is 96.6 cm³/mol. The maximum Gasteiger partial charge on any atom is 0.224 e. The molecule has 2 N–H and O–H groups in total. The Morgan fingerprint density at radius 3 is 2.75 bits per heavy atom. The topological polar surface area (TPSA) is 63.0 Å². The highest BCUT2D eigenvalue weighted by molar-refractivity contribution is 5.65. The highest BCUT2D eigenvalue weighted by atomic mass is 16.3. The van der Waals surface area contributed by atoms with E-state index in [1.165, 1.54) is 11.1 Å². The van der Waals surface area contributed by atoms with Crippen molar-refractivity contribution in [3.63, 3.8) is 0 Å². The van der Waals surface area contributed by atoms with Crippen LogP contribution in [0.1, 0.15) is 36.7 Å². The lowest BCUT2D eigenvalue weighted by Gasteiger charge is -2.17. The summed E-state index contributed by atoms with van der Waals surface area (Å²) in [5, 5.41) is 6.61. The van der Waals surface area contributed by atoms with Crippen molar-refractivity contribution in [3.05, 3.63) is 65.7 Å². The number of nitrogens with zero attached hydrogens (tertiary/aromatic N) is 2. The first-order chi connectivity index (χ1) is 11.6. The van der Waals surface area contributed by atoms with Gasteiger partial charge in [0.25, 0.3) is 0 Å². The summed E-state index contributed by atoms with van der Waals surface area (Å²) in [6.45, 7) is 7.04. The molecule has 0 unspecified atom stereocenters. The van der Waals surface area contributed by atoms with Crippen LogP contribution in [0.4, 0.5) is 17.5 Å². The Morgan fingerprint density at radius 2 is 2.00 bits per heavy atom. The van der Waals surface area contributed by atoms with Gasteiger partial charge >= 0.3 is 0 Å². The minimum Gasteiger partial charge on any atom is -0.467 e. The van der Waals surface area contributed by atoms with Crippen LogP contribution in [-0.4, -0.2) is 9.97 Å². The van der Waals surface area contributed by atoms with Crippen LogP contribution in [0.3, 0.4) is 0 Å². The minimum absolute atomic E-state index is 0.436. The molecular weight excluding hydrogens is 300 g/mol. The summed E-state index contributed by atoms with van der Waals surface area (Å²) in [6, 6.07) is 12.0. The Labute approximate surface area is 142 Å². The third-order valence-corrected chi connectivity index (χ3v) is 3.84. The summed E-state index contributed by atoms with van der Waals surface area (Å²) in [6.07, 6.45) is 3.40. The number of furan rings is 1. The van der Waals surface area contributed by atoms with Crippen molar-refractivity contribution in [1.82, 2.24) is 9.97 Å². The predicted octanol–water partition coefficient (Wildman–Crippen LogP) is 4.86. The van der Waals surface area contributed by atoms with Gasteiger partial charge in [-0.1, -0.05) is 32.0 Å². The summed E-state index contributed by atoms with van der Waals surface area (Å²) in [5.74, 6) is 2.61. The van der Waals surface area contributed by atoms with Gasteiger partial charge in [-0.3, -0.25) is 0 Å². The number of para-hydroxylation sites is 1. The van der Waals surface area contributed by atoms with Gasteiger partial charge in [-0.2, -0.15) is 4.98 Å². The van der Waals surface area contributed by atoms with Crippen molar-refractivity contribution < 1.29 is 4.42 Å². The Bertz CT molecular complexity index is 797. The fourth-order valence-corrected chi connectivity index (χ4v) is 2.56. The van der Waals surface area contributed by atoms with Crippen molar-refractivity contribution in [3.8, 4) is 0 Å². The first-order valence-corrected chi connectivity index (χ1v) is 8.09. The van der Waals surface area contributed by atoms with Crippen LogP contribution in [0.15, 0.2) is 53.3 Å². The van der Waals surface area contributed by atoms with Crippen molar-refractivity contribution in [1.29, 1.82) is 0 Å². The van der Waals surface area contributed by atoms with E-state index in [9.17, 15) is 0 Å². The van der Waals surface area contributed by atoms with Crippen molar-refractivity contribution in [2.24, 2.45) is 0 Å². The number of aryl methyl sites for hydroxylation is 1. The highest BCUT2D eigenvalue weighted by Crippen LogP contribution is 2.29. The van der Waals surface area contributed by atoms with E-state index in [0.717, 1.165) is 17.3 Å². The second-order valence-corrected chi connectivity index (χ2v) is 6.02. The Balaban J connectivity index is 1.78. The zero-order chi connectivity index (χ0) is 16.9. The molecule has 3 aromatic rings. The average molecular weight is 322 g/mol. The fraction of sp³-hybridized carbons (Fsp3) is 0.263. The van der Waals surface area contributed by atoms with E-state index in [0.29, 0.717) is 18.4 Å². The molecule has 124 valence electrons. The summed E-state index contributed by atoms with van der Waals surface area (Å²) < 4.78 is 5.31. The smallest absolute Gasteiger partial charge is 0.224 e. The number of nitrogens with one attached hydrogen (secondary N) is 2. The van der Waals surface area contributed by atoms with Crippen molar-refractivity contribution in [2.75, 3.05) is 10.6 Å². The molecule has 5 heteroatoms. The van der Waals surface area contributed by atoms with E-state index in [4.69, 9.17) is 4.42 Å². The SMILES string of the molecule is Cc1cccc(C(C)C)c1Nc1ccnc(NCc2ccco2)n1. The average Bonchev–Trinajstić information content (AvgIpc) is 3.08. The number of aromatic nitrogens is 2.